The largest absolute Gasteiger partial charge is 0.336 e. The predicted molar refractivity (Wildman–Crippen MR) is 149 cm³/mol. The van der Waals surface area contributed by atoms with Gasteiger partial charge in [0.05, 0.1) is 6.54 Å². The number of carbonyl (C=O) groups is 3. The number of rotatable bonds is 3. The molecule has 38 heavy (non-hydrogen) atoms. The van der Waals surface area contributed by atoms with Gasteiger partial charge in [0.15, 0.2) is 5.78 Å². The van der Waals surface area contributed by atoms with E-state index in [0.717, 1.165) is 40.8 Å². The zero-order valence-electron chi connectivity index (χ0n) is 23.3. The van der Waals surface area contributed by atoms with Crippen LogP contribution in [0.4, 0.5) is 4.79 Å². The number of allylic oxidation sites excluding steroid dienone is 1. The summed E-state index contributed by atoms with van der Waals surface area (Å²) < 4.78 is 0. The van der Waals surface area contributed by atoms with Gasteiger partial charge in [-0.1, -0.05) is 26.8 Å². The molecule has 4 aliphatic heterocycles. The number of urea groups is 1. The first kappa shape index (κ1) is 26.3. The maximum absolute atomic E-state index is 13.8. The molecule has 4 aliphatic rings. The number of Topliss-reactive ketones (excluding diaryl/α,β-unsaturated/α-hetero) is 1. The molecule has 0 aliphatic carbocycles. The summed E-state index contributed by atoms with van der Waals surface area (Å²) in [5.74, 6) is 0.206. The Kier molecular flexibility index (Phi) is 7.01. The van der Waals surface area contributed by atoms with Crippen molar-refractivity contribution in [3.8, 4) is 0 Å². The van der Waals surface area contributed by atoms with Crippen LogP contribution in [0.2, 0.25) is 0 Å². The number of aliphatic imine (C=N–C) groups is 2. The van der Waals surface area contributed by atoms with Gasteiger partial charge in [0.25, 0.3) is 0 Å². The van der Waals surface area contributed by atoms with Crippen molar-refractivity contribution >= 4 is 29.6 Å². The Hall–Kier alpha value is -3.29. The number of nitrogens with one attached hydrogen (secondary N) is 1. The number of amides is 3. The van der Waals surface area contributed by atoms with Crippen molar-refractivity contribution in [3.05, 3.63) is 45.5 Å². The van der Waals surface area contributed by atoms with E-state index < -0.39 is 6.04 Å². The van der Waals surface area contributed by atoms with Gasteiger partial charge in [0.1, 0.15) is 12.6 Å². The lowest BCUT2D eigenvalue weighted by Crippen LogP contribution is -2.54. The molecule has 1 atom stereocenters. The number of aryl methyl sites for hydroxylation is 1. The van der Waals surface area contributed by atoms with Crippen LogP contribution in [-0.4, -0.2) is 71.7 Å². The van der Waals surface area contributed by atoms with Crippen LogP contribution >= 0.6 is 0 Å². The van der Waals surface area contributed by atoms with E-state index in [4.69, 9.17) is 0 Å². The van der Waals surface area contributed by atoms with Crippen LogP contribution in [0, 0.1) is 18.3 Å². The van der Waals surface area contributed by atoms with Gasteiger partial charge in [-0.3, -0.25) is 19.6 Å². The molecule has 1 fully saturated rings. The summed E-state index contributed by atoms with van der Waals surface area (Å²) in [6.45, 7) is 13.6. The van der Waals surface area contributed by atoms with E-state index in [9.17, 15) is 14.4 Å². The fraction of sp³-hybridized carbons (Fsp3) is 0.567. The maximum Gasteiger partial charge on any atom is 0.318 e. The zero-order chi connectivity index (χ0) is 27.2. The van der Waals surface area contributed by atoms with Crippen molar-refractivity contribution in [2.45, 2.75) is 73.0 Å². The summed E-state index contributed by atoms with van der Waals surface area (Å²) in [6, 6.07) is 1.35. The van der Waals surface area contributed by atoms with Crippen molar-refractivity contribution < 1.29 is 14.4 Å². The number of benzene rings is 1. The number of dihydropyridines is 1. The molecule has 8 heteroatoms. The Labute approximate surface area is 225 Å². The molecule has 4 heterocycles. The van der Waals surface area contributed by atoms with Gasteiger partial charge in [-0.15, -0.1) is 0 Å². The van der Waals surface area contributed by atoms with Crippen molar-refractivity contribution in [1.82, 2.24) is 15.1 Å². The summed E-state index contributed by atoms with van der Waals surface area (Å²) in [5.41, 5.74) is 7.50. The molecule has 1 N–H and O–H groups in total. The predicted octanol–water partition coefficient (Wildman–Crippen LogP) is 3.62. The first-order valence-corrected chi connectivity index (χ1v) is 13.7. The van der Waals surface area contributed by atoms with Crippen LogP contribution in [0.15, 0.2) is 27.7 Å². The number of fused-ring (bicyclic) bond motifs is 3. The van der Waals surface area contributed by atoms with Crippen LogP contribution in [0.5, 0.6) is 0 Å². The van der Waals surface area contributed by atoms with Crippen molar-refractivity contribution in [2.24, 2.45) is 21.3 Å². The number of likely N-dealkylation sites (tertiary alicyclic amines) is 1. The monoisotopic (exact) mass is 517 g/mol. The number of hydrogen-bond acceptors (Lipinski definition) is 5. The topological polar surface area (TPSA) is 94.4 Å². The molecule has 0 spiro atoms. The lowest BCUT2D eigenvalue weighted by Gasteiger charge is -2.35. The highest BCUT2D eigenvalue weighted by Gasteiger charge is 2.36. The molecule has 0 saturated carbocycles. The van der Waals surface area contributed by atoms with Crippen molar-refractivity contribution in [3.63, 3.8) is 0 Å². The van der Waals surface area contributed by atoms with Gasteiger partial charge < -0.3 is 15.1 Å². The molecule has 0 aromatic heterocycles. The van der Waals surface area contributed by atoms with E-state index in [1.165, 1.54) is 11.1 Å². The number of hydrogen-bond donors (Lipinski definition) is 1. The minimum absolute atomic E-state index is 0.0339. The molecule has 1 aromatic carbocycles. The second-order valence-electron chi connectivity index (χ2n) is 12.4. The SMILES string of the molecule is CC1=NCC(=O)C(C2CCN(C(=O)N[C@@H]3Cc4cc(C)c5c(c4CN(CC(C)(C)C)C3=O)C=NC5)CC2)=C1. The van der Waals surface area contributed by atoms with Crippen LogP contribution in [0.25, 0.3) is 0 Å². The van der Waals surface area contributed by atoms with Crippen LogP contribution in [-0.2, 0) is 29.1 Å². The lowest BCUT2D eigenvalue weighted by molar-refractivity contribution is -0.134. The van der Waals surface area contributed by atoms with Crippen LogP contribution in [0.3, 0.4) is 0 Å². The molecule has 1 saturated heterocycles. The highest BCUT2D eigenvalue weighted by atomic mass is 16.2. The summed E-state index contributed by atoms with van der Waals surface area (Å²) in [4.78, 5) is 52.1. The third kappa shape index (κ3) is 5.31. The number of piperidine rings is 1. The molecule has 202 valence electrons. The van der Waals surface area contributed by atoms with E-state index in [1.54, 1.807) is 4.90 Å². The normalized spacial score (nSPS) is 22.1. The van der Waals surface area contributed by atoms with Gasteiger partial charge >= 0.3 is 6.03 Å². The average molecular weight is 518 g/mol. The van der Waals surface area contributed by atoms with E-state index in [2.05, 4.69) is 49.1 Å². The zero-order valence-corrected chi connectivity index (χ0v) is 23.3. The van der Waals surface area contributed by atoms with Crippen LogP contribution in [0.1, 0.15) is 68.4 Å². The highest BCUT2D eigenvalue weighted by Crippen LogP contribution is 2.32. The molecule has 8 nitrogen and oxygen atoms in total. The van der Waals surface area contributed by atoms with E-state index in [-0.39, 0.29) is 35.6 Å². The molecule has 0 unspecified atom stereocenters. The summed E-state index contributed by atoms with van der Waals surface area (Å²) in [5, 5.41) is 3.09. The van der Waals surface area contributed by atoms with E-state index >= 15 is 0 Å². The minimum atomic E-state index is -0.624. The quantitative estimate of drug-likeness (QED) is 0.664. The van der Waals surface area contributed by atoms with Gasteiger partial charge in [-0.05, 0) is 66.4 Å². The van der Waals surface area contributed by atoms with Gasteiger partial charge in [0, 0.05) is 55.7 Å². The van der Waals surface area contributed by atoms with E-state index in [1.807, 2.05) is 24.1 Å². The number of ketones is 1. The molecular formula is C30H39N5O3. The minimum Gasteiger partial charge on any atom is -0.336 e. The Balaban J connectivity index is 1.33. The molecule has 0 bridgehead atoms. The second kappa shape index (κ2) is 10.1. The third-order valence-corrected chi connectivity index (χ3v) is 8.10. The standard InChI is InChI=1S/C30H39N5O3/c1-18-10-21-12-26(28(37)35(17-30(3,4)5)16-25(21)24-14-31-13-23(18)24)33-29(38)34-8-6-20(7-9-34)22-11-19(2)32-15-27(22)36/h10-11,14,20,26H,6-9,12-13,15-17H2,1-5H3,(H,33,38)/t26-/m1/s1. The highest BCUT2D eigenvalue weighted by molar-refractivity contribution is 6.09. The van der Waals surface area contributed by atoms with Gasteiger partial charge in [-0.25, -0.2) is 4.79 Å². The fourth-order valence-corrected chi connectivity index (χ4v) is 6.20. The third-order valence-electron chi connectivity index (χ3n) is 8.10. The molecule has 1 aromatic rings. The van der Waals surface area contributed by atoms with Crippen molar-refractivity contribution in [2.75, 3.05) is 26.2 Å². The summed E-state index contributed by atoms with van der Waals surface area (Å²) in [7, 11) is 0. The smallest absolute Gasteiger partial charge is 0.318 e. The summed E-state index contributed by atoms with van der Waals surface area (Å²) >= 11 is 0. The Morgan fingerprint density at radius 2 is 1.84 bits per heavy atom. The Morgan fingerprint density at radius 1 is 1.11 bits per heavy atom. The summed E-state index contributed by atoms with van der Waals surface area (Å²) in [6.07, 6.45) is 5.80. The number of nitrogens with zero attached hydrogens (tertiary/aromatic N) is 4. The lowest BCUT2D eigenvalue weighted by atomic mass is 9.85. The molecular weight excluding hydrogens is 478 g/mol. The second-order valence-corrected chi connectivity index (χ2v) is 12.4. The first-order valence-electron chi connectivity index (χ1n) is 13.7. The van der Waals surface area contributed by atoms with Gasteiger partial charge in [-0.2, -0.15) is 0 Å². The van der Waals surface area contributed by atoms with Crippen molar-refractivity contribution in [1.29, 1.82) is 0 Å². The first-order chi connectivity index (χ1) is 18.0. The molecule has 5 rings (SSSR count). The molecule has 0 radical (unpaired) electrons. The van der Waals surface area contributed by atoms with E-state index in [0.29, 0.717) is 39.1 Å². The number of carbonyl (C=O) groups excluding carboxylic acids is 3. The Morgan fingerprint density at radius 3 is 2.55 bits per heavy atom. The van der Waals surface area contributed by atoms with Gasteiger partial charge in [0.2, 0.25) is 5.91 Å². The van der Waals surface area contributed by atoms with Crippen LogP contribution < -0.4 is 5.32 Å². The fourth-order valence-electron chi connectivity index (χ4n) is 6.20. The average Bonchev–Trinajstić information content (AvgIpc) is 3.32. The molecule has 3 amide bonds. The maximum atomic E-state index is 13.8. The Bertz CT molecular complexity index is 1260.